The first-order chi connectivity index (χ1) is 13.7. The van der Waals surface area contributed by atoms with Crippen molar-refractivity contribution < 1.29 is 31.8 Å². The van der Waals surface area contributed by atoms with Gasteiger partial charge in [0.05, 0.1) is 24.7 Å². The number of hydrogen-bond acceptors (Lipinski definition) is 5. The lowest BCUT2D eigenvalue weighted by Crippen LogP contribution is -2.29. The fraction of sp³-hybridized carbons (Fsp3) is 0.316. The van der Waals surface area contributed by atoms with Crippen LogP contribution in [0.1, 0.15) is 21.6 Å². The molecule has 1 aromatic carbocycles. The van der Waals surface area contributed by atoms with Gasteiger partial charge in [0.1, 0.15) is 23.7 Å². The topological polar surface area (TPSA) is 75.4 Å². The van der Waals surface area contributed by atoms with Crippen molar-refractivity contribution in [1.29, 1.82) is 5.26 Å². The summed E-state index contributed by atoms with van der Waals surface area (Å²) in [4.78, 5) is 17.2. The van der Waals surface area contributed by atoms with Crippen molar-refractivity contribution in [2.24, 2.45) is 0 Å². The molecule has 2 heterocycles. The third-order valence-corrected chi connectivity index (χ3v) is 4.31. The molecule has 6 nitrogen and oxygen atoms in total. The Labute approximate surface area is 163 Å². The molecule has 0 bridgehead atoms. The van der Waals surface area contributed by atoms with E-state index in [-0.39, 0.29) is 30.0 Å². The van der Waals surface area contributed by atoms with Crippen molar-refractivity contribution in [3.05, 3.63) is 53.2 Å². The summed E-state index contributed by atoms with van der Waals surface area (Å²) in [5.74, 6) is -0.858. The van der Waals surface area contributed by atoms with Crippen molar-refractivity contribution in [2.45, 2.75) is 18.5 Å². The molecule has 1 aromatic heterocycles. The number of ether oxygens (including phenoxy) is 2. The van der Waals surface area contributed by atoms with Gasteiger partial charge >= 0.3 is 6.18 Å². The van der Waals surface area contributed by atoms with E-state index in [2.05, 4.69) is 4.98 Å². The van der Waals surface area contributed by atoms with Gasteiger partial charge in [-0.2, -0.15) is 18.4 Å². The molecule has 1 aliphatic heterocycles. The van der Waals surface area contributed by atoms with Crippen LogP contribution >= 0.6 is 0 Å². The molecule has 1 fully saturated rings. The third kappa shape index (κ3) is 4.63. The van der Waals surface area contributed by atoms with Gasteiger partial charge in [0, 0.05) is 18.7 Å². The number of hydrogen-bond donors (Lipinski definition) is 0. The van der Waals surface area contributed by atoms with Crippen LogP contribution in [-0.2, 0) is 10.9 Å². The SMILES string of the molecule is CO[C@@H]1CN(C(=O)c2cccc(Oc3cc(C#N)cc(C(F)(F)F)n3)c2)C[C@H]1F. The zero-order valence-corrected chi connectivity index (χ0v) is 15.1. The normalized spacial score (nSPS) is 19.1. The number of amides is 1. The van der Waals surface area contributed by atoms with E-state index in [9.17, 15) is 22.4 Å². The highest BCUT2D eigenvalue weighted by Gasteiger charge is 2.36. The van der Waals surface area contributed by atoms with Crippen molar-refractivity contribution in [3.8, 4) is 17.7 Å². The van der Waals surface area contributed by atoms with Gasteiger partial charge < -0.3 is 14.4 Å². The maximum Gasteiger partial charge on any atom is 0.433 e. The molecule has 29 heavy (non-hydrogen) atoms. The number of rotatable bonds is 4. The summed E-state index contributed by atoms with van der Waals surface area (Å²) < 4.78 is 63.0. The second-order valence-electron chi connectivity index (χ2n) is 6.32. The van der Waals surface area contributed by atoms with Crippen LogP contribution in [0, 0.1) is 11.3 Å². The maximum absolute atomic E-state index is 13.8. The van der Waals surface area contributed by atoms with Gasteiger partial charge in [0.15, 0.2) is 0 Å². The summed E-state index contributed by atoms with van der Waals surface area (Å²) in [6.07, 6.45) is -6.77. The third-order valence-electron chi connectivity index (χ3n) is 4.31. The minimum Gasteiger partial charge on any atom is -0.439 e. The number of alkyl halides is 4. The number of carbonyl (C=O) groups is 1. The Morgan fingerprint density at radius 2 is 2.03 bits per heavy atom. The number of likely N-dealkylation sites (tertiary alicyclic amines) is 1. The predicted octanol–water partition coefficient (Wildman–Crippen LogP) is 3.57. The fourth-order valence-electron chi connectivity index (χ4n) is 2.89. The van der Waals surface area contributed by atoms with Crippen LogP contribution < -0.4 is 4.74 Å². The predicted molar refractivity (Wildman–Crippen MR) is 92.1 cm³/mol. The molecule has 2 atom stereocenters. The number of nitriles is 1. The molecule has 0 spiro atoms. The molecular formula is C19H15F4N3O3. The van der Waals surface area contributed by atoms with E-state index in [1.54, 1.807) is 6.07 Å². The molecule has 3 rings (SSSR count). The van der Waals surface area contributed by atoms with Crippen LogP contribution in [0.5, 0.6) is 11.6 Å². The fourth-order valence-corrected chi connectivity index (χ4v) is 2.89. The largest absolute Gasteiger partial charge is 0.439 e. The van der Waals surface area contributed by atoms with E-state index in [4.69, 9.17) is 14.7 Å². The van der Waals surface area contributed by atoms with Crippen molar-refractivity contribution in [1.82, 2.24) is 9.88 Å². The van der Waals surface area contributed by atoms with E-state index in [0.29, 0.717) is 6.07 Å². The molecular weight excluding hydrogens is 394 g/mol. The van der Waals surface area contributed by atoms with Crippen LogP contribution in [0.3, 0.4) is 0 Å². The number of benzene rings is 1. The highest BCUT2D eigenvalue weighted by molar-refractivity contribution is 5.94. The van der Waals surface area contributed by atoms with Gasteiger partial charge in [-0.05, 0) is 24.3 Å². The van der Waals surface area contributed by atoms with Gasteiger partial charge in [-0.3, -0.25) is 4.79 Å². The Hall–Kier alpha value is -3.19. The zero-order valence-electron chi connectivity index (χ0n) is 15.1. The zero-order chi connectivity index (χ0) is 21.2. The van der Waals surface area contributed by atoms with Gasteiger partial charge in [0.25, 0.3) is 5.91 Å². The number of halogens is 4. The Morgan fingerprint density at radius 3 is 2.66 bits per heavy atom. The average molecular weight is 409 g/mol. The average Bonchev–Trinajstić information content (AvgIpc) is 3.07. The van der Waals surface area contributed by atoms with Gasteiger partial charge in [-0.15, -0.1) is 0 Å². The standard InChI is InChI=1S/C19H15F4N3O3/c1-28-15-10-26(9-14(15)20)18(27)12-3-2-4-13(7-12)29-17-6-11(8-24)5-16(25-17)19(21,22)23/h2-7,14-15H,9-10H2,1H3/t14-,15-/m1/s1. The van der Waals surface area contributed by atoms with Crippen LogP contribution in [0.15, 0.2) is 36.4 Å². The number of carbonyl (C=O) groups excluding carboxylic acids is 1. The molecule has 0 unspecified atom stereocenters. The van der Waals surface area contributed by atoms with Crippen molar-refractivity contribution in [2.75, 3.05) is 20.2 Å². The summed E-state index contributed by atoms with van der Waals surface area (Å²) in [6.45, 7) is -0.0363. The summed E-state index contributed by atoms with van der Waals surface area (Å²) in [7, 11) is 1.36. The molecule has 1 aliphatic rings. The molecule has 2 aromatic rings. The van der Waals surface area contributed by atoms with E-state index in [0.717, 1.165) is 6.07 Å². The molecule has 0 saturated carbocycles. The number of pyridine rings is 1. The van der Waals surface area contributed by atoms with Gasteiger partial charge in [0.2, 0.25) is 5.88 Å². The van der Waals surface area contributed by atoms with E-state index >= 15 is 0 Å². The monoisotopic (exact) mass is 409 g/mol. The second-order valence-corrected chi connectivity index (χ2v) is 6.32. The van der Waals surface area contributed by atoms with E-state index < -0.39 is 35.9 Å². The van der Waals surface area contributed by atoms with E-state index in [1.807, 2.05) is 0 Å². The number of methoxy groups -OCH3 is 1. The minimum absolute atomic E-state index is 0.0471. The maximum atomic E-state index is 13.8. The molecule has 1 amide bonds. The number of nitrogens with zero attached hydrogens (tertiary/aromatic N) is 3. The molecule has 0 N–H and O–H groups in total. The van der Waals surface area contributed by atoms with Crippen molar-refractivity contribution in [3.63, 3.8) is 0 Å². The molecule has 0 radical (unpaired) electrons. The lowest BCUT2D eigenvalue weighted by Gasteiger charge is -2.16. The summed E-state index contributed by atoms with van der Waals surface area (Å²) in [5, 5.41) is 8.93. The van der Waals surface area contributed by atoms with Crippen LogP contribution in [0.25, 0.3) is 0 Å². The highest BCUT2D eigenvalue weighted by atomic mass is 19.4. The van der Waals surface area contributed by atoms with Crippen LogP contribution in [-0.4, -0.2) is 48.3 Å². The summed E-state index contributed by atoms with van der Waals surface area (Å²) >= 11 is 0. The molecule has 10 heteroatoms. The Morgan fingerprint density at radius 1 is 1.28 bits per heavy atom. The lowest BCUT2D eigenvalue weighted by molar-refractivity contribution is -0.141. The molecule has 152 valence electrons. The molecule has 0 aliphatic carbocycles. The Kier molecular flexibility index (Phi) is 5.70. The Balaban J connectivity index is 1.82. The Bertz CT molecular complexity index is 958. The first-order valence-electron chi connectivity index (χ1n) is 8.44. The number of aromatic nitrogens is 1. The smallest absolute Gasteiger partial charge is 0.433 e. The minimum atomic E-state index is -4.75. The van der Waals surface area contributed by atoms with Crippen LogP contribution in [0.2, 0.25) is 0 Å². The summed E-state index contributed by atoms with van der Waals surface area (Å²) in [6, 6.07) is 8.96. The highest BCUT2D eigenvalue weighted by Crippen LogP contribution is 2.31. The van der Waals surface area contributed by atoms with Gasteiger partial charge in [-0.25, -0.2) is 9.37 Å². The van der Waals surface area contributed by atoms with E-state index in [1.165, 1.54) is 36.3 Å². The quantitative estimate of drug-likeness (QED) is 0.722. The lowest BCUT2D eigenvalue weighted by atomic mass is 10.2. The van der Waals surface area contributed by atoms with Crippen LogP contribution in [0.4, 0.5) is 17.6 Å². The molecule has 1 saturated heterocycles. The van der Waals surface area contributed by atoms with Crippen molar-refractivity contribution >= 4 is 5.91 Å². The first-order valence-corrected chi connectivity index (χ1v) is 8.44. The first kappa shape index (κ1) is 20.5. The van der Waals surface area contributed by atoms with Gasteiger partial charge in [-0.1, -0.05) is 6.07 Å². The second kappa shape index (κ2) is 8.05. The summed E-state index contributed by atoms with van der Waals surface area (Å²) in [5.41, 5.74) is -1.37.